The zero-order valence-corrected chi connectivity index (χ0v) is 11.9. The fourth-order valence-corrected chi connectivity index (χ4v) is 1.95. The summed E-state index contributed by atoms with van der Waals surface area (Å²) in [6.07, 6.45) is 1.81. The third-order valence-electron chi connectivity index (χ3n) is 3.02. The van der Waals surface area contributed by atoms with E-state index in [4.69, 9.17) is 0 Å². The Morgan fingerprint density at radius 2 is 2.00 bits per heavy atom. The molecule has 0 aliphatic rings. The van der Waals surface area contributed by atoms with Crippen molar-refractivity contribution < 1.29 is 4.79 Å². The van der Waals surface area contributed by atoms with Gasteiger partial charge in [-0.15, -0.1) is 0 Å². The number of carbonyl (C=O) groups excluding carboxylic acids is 1. The number of pyridine rings is 1. The summed E-state index contributed by atoms with van der Waals surface area (Å²) < 4.78 is 0. The van der Waals surface area contributed by atoms with Crippen molar-refractivity contribution >= 4 is 16.9 Å². The maximum atomic E-state index is 11.3. The van der Waals surface area contributed by atoms with Crippen LogP contribution in [0.25, 0.3) is 10.9 Å². The number of hydrogen-bond acceptors (Lipinski definition) is 3. The van der Waals surface area contributed by atoms with Gasteiger partial charge in [0.05, 0.1) is 5.52 Å². The molecule has 0 bridgehead atoms. The molecule has 2 N–H and O–H groups in total. The average molecular weight is 272 g/mol. The lowest BCUT2D eigenvalue weighted by atomic mass is 10.1. The Hall–Kier alpha value is -2.14. The average Bonchev–Trinajstić information content (AvgIpc) is 2.46. The topological polar surface area (TPSA) is 57.3 Å². The van der Waals surface area contributed by atoms with Gasteiger partial charge in [-0.25, -0.2) is 4.79 Å². The van der Waals surface area contributed by atoms with Crippen LogP contribution in [-0.4, -0.2) is 43.1 Å². The van der Waals surface area contributed by atoms with E-state index >= 15 is 0 Å². The maximum absolute atomic E-state index is 11.3. The van der Waals surface area contributed by atoms with E-state index in [1.54, 1.807) is 14.1 Å². The van der Waals surface area contributed by atoms with Gasteiger partial charge in [-0.1, -0.05) is 24.3 Å². The Kier molecular flexibility index (Phi) is 4.90. The first-order chi connectivity index (χ1) is 9.68. The number of hydrogen-bond donors (Lipinski definition) is 2. The van der Waals surface area contributed by atoms with E-state index in [-0.39, 0.29) is 6.03 Å². The molecule has 0 saturated heterocycles. The minimum atomic E-state index is -0.0707. The molecule has 106 valence electrons. The second-order valence-electron chi connectivity index (χ2n) is 4.80. The van der Waals surface area contributed by atoms with Gasteiger partial charge in [-0.2, -0.15) is 0 Å². The quantitative estimate of drug-likeness (QED) is 0.813. The lowest BCUT2D eigenvalue weighted by molar-refractivity contribution is 0.217. The third-order valence-corrected chi connectivity index (χ3v) is 3.02. The second kappa shape index (κ2) is 6.86. The van der Waals surface area contributed by atoms with Gasteiger partial charge < -0.3 is 15.5 Å². The molecule has 5 heteroatoms. The van der Waals surface area contributed by atoms with Gasteiger partial charge in [0, 0.05) is 45.3 Å². The standard InChI is InChI=1S/C15H20N4O/c1-19(2)15(20)18-10-9-16-11-13-6-3-5-12-7-4-8-17-14(12)13/h3-8,16H,9-11H2,1-2H3,(H,18,20). The van der Waals surface area contributed by atoms with Gasteiger partial charge in [-0.05, 0) is 11.6 Å². The maximum Gasteiger partial charge on any atom is 0.316 e. The molecule has 0 atom stereocenters. The lowest BCUT2D eigenvalue weighted by Gasteiger charge is -2.12. The number of urea groups is 1. The van der Waals surface area contributed by atoms with Crippen molar-refractivity contribution in [1.29, 1.82) is 0 Å². The van der Waals surface area contributed by atoms with Crippen molar-refractivity contribution in [2.75, 3.05) is 27.2 Å². The highest BCUT2D eigenvalue weighted by Crippen LogP contribution is 2.15. The number of rotatable bonds is 5. The van der Waals surface area contributed by atoms with Crippen LogP contribution in [0.2, 0.25) is 0 Å². The number of carbonyl (C=O) groups is 1. The van der Waals surface area contributed by atoms with Crippen molar-refractivity contribution in [1.82, 2.24) is 20.5 Å². The van der Waals surface area contributed by atoms with Crippen LogP contribution in [0.4, 0.5) is 4.79 Å². The van der Waals surface area contributed by atoms with E-state index in [2.05, 4.69) is 33.8 Å². The van der Waals surface area contributed by atoms with Crippen LogP contribution in [0.5, 0.6) is 0 Å². The molecule has 1 heterocycles. The summed E-state index contributed by atoms with van der Waals surface area (Å²) in [5.74, 6) is 0. The summed E-state index contributed by atoms with van der Waals surface area (Å²) in [5.41, 5.74) is 2.20. The predicted molar refractivity (Wildman–Crippen MR) is 80.5 cm³/mol. The van der Waals surface area contributed by atoms with Crippen LogP contribution in [0.15, 0.2) is 36.5 Å². The molecule has 0 radical (unpaired) electrons. The molecule has 0 aliphatic heterocycles. The summed E-state index contributed by atoms with van der Waals surface area (Å²) in [7, 11) is 3.45. The van der Waals surface area contributed by atoms with E-state index in [1.165, 1.54) is 10.5 Å². The molecular weight excluding hydrogens is 252 g/mol. The van der Waals surface area contributed by atoms with E-state index < -0.39 is 0 Å². The third kappa shape index (κ3) is 3.68. The van der Waals surface area contributed by atoms with E-state index in [9.17, 15) is 4.79 Å². The van der Waals surface area contributed by atoms with Crippen LogP contribution in [0, 0.1) is 0 Å². The van der Waals surface area contributed by atoms with Crippen LogP contribution in [0.1, 0.15) is 5.56 Å². The van der Waals surface area contributed by atoms with Crippen LogP contribution in [0.3, 0.4) is 0 Å². The number of nitrogens with zero attached hydrogens (tertiary/aromatic N) is 2. The Morgan fingerprint density at radius 3 is 2.80 bits per heavy atom. The molecule has 20 heavy (non-hydrogen) atoms. The molecule has 1 aromatic heterocycles. The van der Waals surface area contributed by atoms with Crippen LogP contribution >= 0.6 is 0 Å². The van der Waals surface area contributed by atoms with E-state index in [1.807, 2.05) is 18.3 Å². The molecule has 1 aromatic carbocycles. The Balaban J connectivity index is 1.83. The minimum Gasteiger partial charge on any atom is -0.337 e. The molecule has 2 amide bonds. The summed E-state index contributed by atoms with van der Waals surface area (Å²) >= 11 is 0. The first-order valence-electron chi connectivity index (χ1n) is 6.67. The Labute approximate surface area is 119 Å². The zero-order valence-electron chi connectivity index (χ0n) is 11.9. The summed E-state index contributed by atoms with van der Waals surface area (Å²) in [6.45, 7) is 2.07. The van der Waals surface area contributed by atoms with Crippen molar-refractivity contribution in [3.8, 4) is 0 Å². The number of amides is 2. The number of nitrogens with one attached hydrogen (secondary N) is 2. The van der Waals surface area contributed by atoms with E-state index in [0.29, 0.717) is 6.54 Å². The molecule has 2 aromatic rings. The molecule has 0 fully saturated rings. The number of aromatic nitrogens is 1. The normalized spacial score (nSPS) is 10.5. The Bertz CT molecular complexity index is 578. The molecule has 0 aliphatic carbocycles. The molecule has 0 spiro atoms. The first kappa shape index (κ1) is 14.3. The largest absolute Gasteiger partial charge is 0.337 e. The smallest absolute Gasteiger partial charge is 0.316 e. The van der Waals surface area contributed by atoms with Crippen molar-refractivity contribution in [2.45, 2.75) is 6.54 Å². The number of benzene rings is 1. The number of fused-ring (bicyclic) bond motifs is 1. The lowest BCUT2D eigenvalue weighted by Crippen LogP contribution is -2.38. The van der Waals surface area contributed by atoms with Gasteiger partial charge in [-0.3, -0.25) is 4.98 Å². The monoisotopic (exact) mass is 272 g/mol. The minimum absolute atomic E-state index is 0.0707. The highest BCUT2D eigenvalue weighted by molar-refractivity contribution is 5.81. The van der Waals surface area contributed by atoms with Crippen LogP contribution in [-0.2, 0) is 6.54 Å². The molecule has 5 nitrogen and oxygen atoms in total. The van der Waals surface area contributed by atoms with Gasteiger partial charge in [0.2, 0.25) is 0 Å². The van der Waals surface area contributed by atoms with Crippen molar-refractivity contribution in [2.24, 2.45) is 0 Å². The summed E-state index contributed by atoms with van der Waals surface area (Å²) in [6, 6.07) is 10.1. The summed E-state index contributed by atoms with van der Waals surface area (Å²) in [4.78, 5) is 17.3. The van der Waals surface area contributed by atoms with Crippen molar-refractivity contribution in [3.05, 3.63) is 42.1 Å². The molecule has 2 rings (SSSR count). The highest BCUT2D eigenvalue weighted by Gasteiger charge is 2.02. The predicted octanol–water partition coefficient (Wildman–Crippen LogP) is 1.60. The van der Waals surface area contributed by atoms with Crippen molar-refractivity contribution in [3.63, 3.8) is 0 Å². The van der Waals surface area contributed by atoms with Gasteiger partial charge in [0.15, 0.2) is 0 Å². The molecular formula is C15H20N4O. The SMILES string of the molecule is CN(C)C(=O)NCCNCc1cccc2cccnc12. The molecule has 0 unspecified atom stereocenters. The Morgan fingerprint density at radius 1 is 1.20 bits per heavy atom. The summed E-state index contributed by atoms with van der Waals surface area (Å²) in [5, 5.41) is 7.28. The fraction of sp³-hybridized carbons (Fsp3) is 0.333. The zero-order chi connectivity index (χ0) is 14.4. The second-order valence-corrected chi connectivity index (χ2v) is 4.80. The fourth-order valence-electron chi connectivity index (χ4n) is 1.95. The van der Waals surface area contributed by atoms with Gasteiger partial charge >= 0.3 is 6.03 Å². The van der Waals surface area contributed by atoms with Crippen LogP contribution < -0.4 is 10.6 Å². The number of para-hydroxylation sites is 1. The van der Waals surface area contributed by atoms with Gasteiger partial charge in [0.25, 0.3) is 0 Å². The highest BCUT2D eigenvalue weighted by atomic mass is 16.2. The van der Waals surface area contributed by atoms with Gasteiger partial charge in [0.1, 0.15) is 0 Å². The van der Waals surface area contributed by atoms with E-state index in [0.717, 1.165) is 24.0 Å². The first-order valence-corrected chi connectivity index (χ1v) is 6.67. The molecule has 0 saturated carbocycles.